The van der Waals surface area contributed by atoms with E-state index in [1.165, 1.54) is 10.5 Å². The first-order valence-electron chi connectivity index (χ1n) is 6.59. The van der Waals surface area contributed by atoms with Gasteiger partial charge in [0, 0.05) is 10.6 Å². The summed E-state index contributed by atoms with van der Waals surface area (Å²) in [4.78, 5) is 5.60. The molecule has 2 N–H and O–H groups in total. The van der Waals surface area contributed by atoms with Crippen LogP contribution in [0.25, 0.3) is 11.5 Å². The van der Waals surface area contributed by atoms with E-state index in [1.54, 1.807) is 11.8 Å². The lowest BCUT2D eigenvalue weighted by atomic mass is 10.2. The van der Waals surface area contributed by atoms with E-state index in [9.17, 15) is 0 Å². The molecule has 0 saturated heterocycles. The minimum Gasteiger partial charge on any atom is -0.398 e. The largest absolute Gasteiger partial charge is 0.398 e. The molecule has 0 amide bonds. The molecule has 0 unspecified atom stereocenters. The average Bonchev–Trinajstić information content (AvgIpc) is 2.94. The number of thioether (sulfide) groups is 1. The Labute approximate surface area is 127 Å². The summed E-state index contributed by atoms with van der Waals surface area (Å²) in [6, 6.07) is 15.8. The van der Waals surface area contributed by atoms with Gasteiger partial charge in [0.05, 0.1) is 11.3 Å². The van der Waals surface area contributed by atoms with E-state index in [2.05, 4.69) is 35.3 Å². The monoisotopic (exact) mass is 297 g/mol. The van der Waals surface area contributed by atoms with E-state index in [1.807, 2.05) is 30.3 Å². The number of hydrogen-bond acceptors (Lipinski definition) is 5. The highest BCUT2D eigenvalue weighted by Crippen LogP contribution is 2.26. The third-order valence-electron chi connectivity index (χ3n) is 3.02. The van der Waals surface area contributed by atoms with Crippen LogP contribution >= 0.6 is 11.8 Å². The highest BCUT2D eigenvalue weighted by molar-refractivity contribution is 7.98. The third kappa shape index (κ3) is 3.25. The molecule has 0 aliphatic rings. The fourth-order valence-electron chi connectivity index (χ4n) is 1.97. The smallest absolute Gasteiger partial charge is 0.260 e. The molecule has 4 nitrogen and oxygen atoms in total. The molecule has 0 fully saturated rings. The van der Waals surface area contributed by atoms with Gasteiger partial charge in [-0.25, -0.2) is 0 Å². The van der Waals surface area contributed by atoms with Crippen LogP contribution in [0.5, 0.6) is 0 Å². The zero-order chi connectivity index (χ0) is 14.7. The summed E-state index contributed by atoms with van der Waals surface area (Å²) in [6.45, 7) is 2.08. The van der Waals surface area contributed by atoms with Gasteiger partial charge in [-0.15, -0.1) is 11.8 Å². The van der Waals surface area contributed by atoms with Gasteiger partial charge in [0.2, 0.25) is 0 Å². The fourth-order valence-corrected chi connectivity index (χ4v) is 2.82. The molecule has 0 radical (unpaired) electrons. The van der Waals surface area contributed by atoms with Gasteiger partial charge >= 0.3 is 0 Å². The number of aromatic nitrogens is 2. The lowest BCUT2D eigenvalue weighted by Gasteiger charge is -1.99. The molecule has 0 saturated carbocycles. The maximum Gasteiger partial charge on any atom is 0.260 e. The first kappa shape index (κ1) is 13.7. The van der Waals surface area contributed by atoms with E-state index in [4.69, 9.17) is 10.3 Å². The summed E-state index contributed by atoms with van der Waals surface area (Å²) >= 11 is 1.68. The Hall–Kier alpha value is -2.27. The predicted molar refractivity (Wildman–Crippen MR) is 84.9 cm³/mol. The summed E-state index contributed by atoms with van der Waals surface area (Å²) in [6.07, 6.45) is 0. The SMILES string of the molecule is Cc1cccc(SCc2noc(-c3ccccc3N)n2)c1. The second-order valence-corrected chi connectivity index (χ2v) is 5.76. The minimum atomic E-state index is 0.466. The molecule has 0 bridgehead atoms. The zero-order valence-electron chi connectivity index (χ0n) is 11.6. The second-order valence-electron chi connectivity index (χ2n) is 4.71. The number of hydrogen-bond donors (Lipinski definition) is 1. The van der Waals surface area contributed by atoms with E-state index in [0.717, 1.165) is 5.56 Å². The van der Waals surface area contributed by atoms with E-state index in [0.29, 0.717) is 23.2 Å². The molecule has 3 rings (SSSR count). The average molecular weight is 297 g/mol. The zero-order valence-corrected chi connectivity index (χ0v) is 12.4. The molecule has 1 aromatic heterocycles. The maximum absolute atomic E-state index is 5.91. The van der Waals surface area contributed by atoms with Crippen molar-refractivity contribution in [3.05, 3.63) is 59.9 Å². The molecule has 1 heterocycles. The van der Waals surface area contributed by atoms with Crippen LogP contribution in [-0.2, 0) is 5.75 Å². The van der Waals surface area contributed by atoms with E-state index < -0.39 is 0 Å². The number of benzene rings is 2. The van der Waals surface area contributed by atoms with Crippen LogP contribution in [0, 0.1) is 6.92 Å². The van der Waals surface area contributed by atoms with Crippen molar-refractivity contribution < 1.29 is 4.52 Å². The molecular formula is C16H15N3OS. The van der Waals surface area contributed by atoms with Crippen molar-refractivity contribution >= 4 is 17.4 Å². The van der Waals surface area contributed by atoms with Crippen LogP contribution < -0.4 is 5.73 Å². The van der Waals surface area contributed by atoms with Crippen LogP contribution in [0.4, 0.5) is 5.69 Å². The lowest BCUT2D eigenvalue weighted by Crippen LogP contribution is -1.89. The molecule has 3 aromatic rings. The number of nitrogens with zero attached hydrogens (tertiary/aromatic N) is 2. The first-order valence-corrected chi connectivity index (χ1v) is 7.58. The van der Waals surface area contributed by atoms with Gasteiger partial charge < -0.3 is 10.3 Å². The molecule has 21 heavy (non-hydrogen) atoms. The third-order valence-corrected chi connectivity index (χ3v) is 4.01. The molecular weight excluding hydrogens is 282 g/mol. The molecule has 0 atom stereocenters. The Morgan fingerprint density at radius 1 is 1.14 bits per heavy atom. The highest BCUT2D eigenvalue weighted by atomic mass is 32.2. The summed E-state index contributed by atoms with van der Waals surface area (Å²) in [7, 11) is 0. The van der Waals surface area contributed by atoms with Gasteiger partial charge in [-0.05, 0) is 31.2 Å². The Balaban J connectivity index is 1.72. The number of nitrogens with two attached hydrogens (primary N) is 1. The fraction of sp³-hybridized carbons (Fsp3) is 0.125. The molecule has 0 aliphatic heterocycles. The number of anilines is 1. The second kappa shape index (κ2) is 6.01. The van der Waals surface area contributed by atoms with E-state index in [-0.39, 0.29) is 0 Å². The van der Waals surface area contributed by atoms with Crippen LogP contribution in [0.1, 0.15) is 11.4 Å². The van der Waals surface area contributed by atoms with Gasteiger partial charge in [-0.2, -0.15) is 4.98 Å². The van der Waals surface area contributed by atoms with Gasteiger partial charge in [0.15, 0.2) is 5.82 Å². The Kier molecular flexibility index (Phi) is 3.92. The van der Waals surface area contributed by atoms with Gasteiger partial charge in [-0.1, -0.05) is 35.0 Å². The number of nitrogen functional groups attached to an aromatic ring is 1. The molecule has 0 spiro atoms. The van der Waals surface area contributed by atoms with Crippen LogP contribution in [-0.4, -0.2) is 10.1 Å². The lowest BCUT2D eigenvalue weighted by molar-refractivity contribution is 0.425. The van der Waals surface area contributed by atoms with Crippen molar-refractivity contribution in [2.45, 2.75) is 17.6 Å². The Bertz CT molecular complexity index is 755. The summed E-state index contributed by atoms with van der Waals surface area (Å²) in [5, 5.41) is 4.01. The van der Waals surface area contributed by atoms with Gasteiger partial charge in [0.1, 0.15) is 0 Å². The van der Waals surface area contributed by atoms with Crippen molar-refractivity contribution in [1.29, 1.82) is 0 Å². The van der Waals surface area contributed by atoms with Crippen molar-refractivity contribution in [2.24, 2.45) is 0 Å². The topological polar surface area (TPSA) is 64.9 Å². The standard InChI is InChI=1S/C16H15N3OS/c1-11-5-4-6-12(9-11)21-10-15-18-16(20-19-15)13-7-2-3-8-14(13)17/h2-9H,10,17H2,1H3. The van der Waals surface area contributed by atoms with Gasteiger partial charge in [0.25, 0.3) is 5.89 Å². The highest BCUT2D eigenvalue weighted by Gasteiger charge is 2.11. The van der Waals surface area contributed by atoms with Crippen molar-refractivity contribution in [3.63, 3.8) is 0 Å². The van der Waals surface area contributed by atoms with E-state index >= 15 is 0 Å². The normalized spacial score (nSPS) is 10.7. The van der Waals surface area contributed by atoms with Gasteiger partial charge in [-0.3, -0.25) is 0 Å². The number of aryl methyl sites for hydroxylation is 1. The van der Waals surface area contributed by atoms with Crippen LogP contribution in [0.3, 0.4) is 0 Å². The maximum atomic E-state index is 5.91. The molecule has 106 valence electrons. The number of para-hydroxylation sites is 1. The molecule has 2 aromatic carbocycles. The number of rotatable bonds is 4. The quantitative estimate of drug-likeness (QED) is 0.584. The van der Waals surface area contributed by atoms with Crippen LogP contribution in [0.2, 0.25) is 0 Å². The molecule has 0 aliphatic carbocycles. The summed E-state index contributed by atoms with van der Waals surface area (Å²) < 4.78 is 5.29. The van der Waals surface area contributed by atoms with Crippen molar-refractivity contribution in [1.82, 2.24) is 10.1 Å². The Morgan fingerprint density at radius 3 is 2.81 bits per heavy atom. The molecule has 5 heteroatoms. The predicted octanol–water partition coefficient (Wildman–Crippen LogP) is 3.92. The first-order chi connectivity index (χ1) is 10.2. The van der Waals surface area contributed by atoms with Crippen molar-refractivity contribution in [2.75, 3.05) is 5.73 Å². The summed E-state index contributed by atoms with van der Waals surface area (Å²) in [5.41, 5.74) is 8.56. The van der Waals surface area contributed by atoms with Crippen LogP contribution in [0.15, 0.2) is 57.9 Å². The minimum absolute atomic E-state index is 0.466. The summed E-state index contributed by atoms with van der Waals surface area (Å²) in [5.74, 6) is 1.80. The Morgan fingerprint density at radius 2 is 2.00 bits per heavy atom. The van der Waals surface area contributed by atoms with Crippen molar-refractivity contribution in [3.8, 4) is 11.5 Å².